The number of aliphatic hydroxyl groups is 1. The van der Waals surface area contributed by atoms with E-state index in [1.807, 2.05) is 0 Å². The van der Waals surface area contributed by atoms with Crippen molar-refractivity contribution < 1.29 is 33.0 Å². The zero-order chi connectivity index (χ0) is 23.7. The van der Waals surface area contributed by atoms with Crippen LogP contribution in [-0.4, -0.2) is 36.0 Å². The van der Waals surface area contributed by atoms with Crippen molar-refractivity contribution in [3.8, 4) is 11.5 Å². The van der Waals surface area contributed by atoms with Crippen LogP contribution in [0.15, 0.2) is 66.4 Å². The van der Waals surface area contributed by atoms with Crippen LogP contribution in [0.3, 0.4) is 0 Å². The number of hydrogen-bond acceptors (Lipinski definition) is 6. The Bertz CT molecular complexity index is 1250. The Balaban J connectivity index is 2.02. The maximum Gasteiger partial charge on any atom is 0.300 e. The number of amides is 1. The molecule has 1 atom stereocenters. The first kappa shape index (κ1) is 21.9. The smallest absolute Gasteiger partial charge is 0.300 e. The molecule has 4 rings (SSSR count). The van der Waals surface area contributed by atoms with Crippen molar-refractivity contribution in [1.82, 2.24) is 4.98 Å². The summed E-state index contributed by atoms with van der Waals surface area (Å²) in [4.78, 5) is 31.3. The standard InChI is InChI=1S/C24H18F2N2O5/c1-32-17-7-5-8-18(33-2)19(17)22(29)20-21(15-6-3-4-11-27-15)28(24(31)23(20)30)16-10-9-13(25)12-14(16)26/h3-12,21,29H,1-2H3/b22-20+. The van der Waals surface area contributed by atoms with E-state index in [0.29, 0.717) is 6.07 Å². The average Bonchev–Trinajstić information content (AvgIpc) is 3.09. The second kappa shape index (κ2) is 8.70. The van der Waals surface area contributed by atoms with E-state index in [4.69, 9.17) is 9.47 Å². The quantitative estimate of drug-likeness (QED) is 0.358. The SMILES string of the molecule is COc1cccc(OC)c1/C(O)=C1\C(=O)C(=O)N(c2ccc(F)cc2F)C1c1ccccn1. The third kappa shape index (κ3) is 3.67. The number of aromatic nitrogens is 1. The number of ether oxygens (including phenoxy) is 2. The van der Waals surface area contributed by atoms with E-state index in [1.165, 1.54) is 26.5 Å². The largest absolute Gasteiger partial charge is 0.506 e. The van der Waals surface area contributed by atoms with E-state index in [-0.39, 0.29) is 34.0 Å². The molecule has 1 fully saturated rings. The number of nitrogens with zero attached hydrogens (tertiary/aromatic N) is 2. The number of carbonyl (C=O) groups is 2. The minimum atomic E-state index is -1.29. The number of ketones is 1. The van der Waals surface area contributed by atoms with Crippen molar-refractivity contribution in [1.29, 1.82) is 0 Å². The van der Waals surface area contributed by atoms with Crippen LogP contribution in [0.1, 0.15) is 17.3 Å². The Morgan fingerprint density at radius 2 is 1.70 bits per heavy atom. The molecule has 33 heavy (non-hydrogen) atoms. The summed E-state index contributed by atoms with van der Waals surface area (Å²) in [5.74, 6) is -4.28. The fourth-order valence-electron chi connectivity index (χ4n) is 3.79. The fraction of sp³-hybridized carbons (Fsp3) is 0.125. The van der Waals surface area contributed by atoms with Gasteiger partial charge in [-0.3, -0.25) is 19.5 Å². The first-order chi connectivity index (χ1) is 15.9. The van der Waals surface area contributed by atoms with Gasteiger partial charge in [-0.25, -0.2) is 8.78 Å². The second-order valence-corrected chi connectivity index (χ2v) is 7.06. The summed E-state index contributed by atoms with van der Waals surface area (Å²) in [5, 5.41) is 11.3. The number of hydrogen-bond donors (Lipinski definition) is 1. The number of halogens is 2. The molecule has 2 aromatic carbocycles. The molecule has 3 aromatic rings. The van der Waals surface area contributed by atoms with Gasteiger partial charge in [0.2, 0.25) is 0 Å². The van der Waals surface area contributed by atoms with Gasteiger partial charge in [-0.2, -0.15) is 0 Å². The zero-order valence-corrected chi connectivity index (χ0v) is 17.6. The summed E-state index contributed by atoms with van der Waals surface area (Å²) in [6, 6.07) is 10.8. The van der Waals surface area contributed by atoms with Crippen molar-refractivity contribution in [3.63, 3.8) is 0 Å². The van der Waals surface area contributed by atoms with E-state index < -0.39 is 35.1 Å². The third-order valence-corrected chi connectivity index (χ3v) is 5.25. The Hall–Kier alpha value is -4.27. The lowest BCUT2D eigenvalue weighted by Crippen LogP contribution is -2.30. The van der Waals surface area contributed by atoms with Crippen LogP contribution in [0.4, 0.5) is 14.5 Å². The van der Waals surface area contributed by atoms with Crippen molar-refractivity contribution in [2.45, 2.75) is 6.04 Å². The first-order valence-corrected chi connectivity index (χ1v) is 9.77. The number of aliphatic hydroxyl groups excluding tert-OH is 1. The molecule has 1 aromatic heterocycles. The predicted octanol–water partition coefficient (Wildman–Crippen LogP) is 4.00. The highest BCUT2D eigenvalue weighted by molar-refractivity contribution is 6.51. The molecule has 1 unspecified atom stereocenters. The summed E-state index contributed by atoms with van der Waals surface area (Å²) in [6.07, 6.45) is 1.43. The number of methoxy groups -OCH3 is 2. The van der Waals surface area contributed by atoms with Crippen LogP contribution in [0.2, 0.25) is 0 Å². The fourth-order valence-corrected chi connectivity index (χ4v) is 3.79. The maximum absolute atomic E-state index is 14.7. The van der Waals surface area contributed by atoms with Gasteiger partial charge in [0, 0.05) is 12.3 Å². The molecule has 9 heteroatoms. The summed E-state index contributed by atoms with van der Waals surface area (Å²) >= 11 is 0. The van der Waals surface area contributed by atoms with E-state index in [1.54, 1.807) is 30.3 Å². The number of pyridine rings is 1. The van der Waals surface area contributed by atoms with Crippen molar-refractivity contribution in [2.75, 3.05) is 19.1 Å². The molecular weight excluding hydrogens is 434 g/mol. The Morgan fingerprint density at radius 1 is 1.00 bits per heavy atom. The van der Waals surface area contributed by atoms with Crippen molar-refractivity contribution in [3.05, 3.63) is 89.3 Å². The summed E-state index contributed by atoms with van der Waals surface area (Å²) in [6.45, 7) is 0. The van der Waals surface area contributed by atoms with Gasteiger partial charge in [0.05, 0.1) is 31.2 Å². The van der Waals surface area contributed by atoms with Gasteiger partial charge in [0.1, 0.15) is 40.5 Å². The highest BCUT2D eigenvalue weighted by Crippen LogP contribution is 2.45. The minimum Gasteiger partial charge on any atom is -0.506 e. The molecule has 1 saturated heterocycles. The number of anilines is 1. The topological polar surface area (TPSA) is 89.0 Å². The van der Waals surface area contributed by atoms with Gasteiger partial charge in [0.15, 0.2) is 0 Å². The number of carbonyl (C=O) groups excluding carboxylic acids is 2. The highest BCUT2D eigenvalue weighted by atomic mass is 19.1. The molecule has 1 aliphatic heterocycles. The van der Waals surface area contributed by atoms with Crippen LogP contribution >= 0.6 is 0 Å². The predicted molar refractivity (Wildman–Crippen MR) is 115 cm³/mol. The molecule has 1 N–H and O–H groups in total. The summed E-state index contributed by atoms with van der Waals surface area (Å²) < 4.78 is 38.8. The highest BCUT2D eigenvalue weighted by Gasteiger charge is 2.49. The molecule has 1 aliphatic rings. The van der Waals surface area contributed by atoms with Crippen LogP contribution < -0.4 is 14.4 Å². The molecule has 0 saturated carbocycles. The van der Waals surface area contributed by atoms with E-state index in [9.17, 15) is 23.5 Å². The van der Waals surface area contributed by atoms with Gasteiger partial charge in [-0.05, 0) is 36.4 Å². The lowest BCUT2D eigenvalue weighted by atomic mass is 9.97. The maximum atomic E-state index is 14.7. The Kier molecular flexibility index (Phi) is 5.78. The molecule has 0 spiro atoms. The van der Waals surface area contributed by atoms with Gasteiger partial charge in [0.25, 0.3) is 11.7 Å². The molecule has 0 radical (unpaired) electrons. The van der Waals surface area contributed by atoms with Gasteiger partial charge >= 0.3 is 0 Å². The molecule has 1 amide bonds. The Labute approximate surface area is 187 Å². The second-order valence-electron chi connectivity index (χ2n) is 7.06. The van der Waals surface area contributed by atoms with Crippen LogP contribution in [0.5, 0.6) is 11.5 Å². The zero-order valence-electron chi connectivity index (χ0n) is 17.6. The summed E-state index contributed by atoms with van der Waals surface area (Å²) in [7, 11) is 2.74. The van der Waals surface area contributed by atoms with Crippen LogP contribution in [-0.2, 0) is 9.59 Å². The monoisotopic (exact) mass is 452 g/mol. The van der Waals surface area contributed by atoms with Gasteiger partial charge < -0.3 is 14.6 Å². The number of rotatable bonds is 5. The van der Waals surface area contributed by atoms with E-state index in [0.717, 1.165) is 17.0 Å². The number of Topliss-reactive ketones (excluding diaryl/α,β-unsaturated/α-hetero) is 1. The average molecular weight is 452 g/mol. The van der Waals surface area contributed by atoms with Crippen LogP contribution in [0, 0.1) is 11.6 Å². The van der Waals surface area contributed by atoms with Gasteiger partial charge in [-0.1, -0.05) is 12.1 Å². The molecule has 168 valence electrons. The van der Waals surface area contributed by atoms with E-state index in [2.05, 4.69) is 4.98 Å². The van der Waals surface area contributed by atoms with Crippen LogP contribution in [0.25, 0.3) is 5.76 Å². The van der Waals surface area contributed by atoms with E-state index >= 15 is 0 Å². The lowest BCUT2D eigenvalue weighted by molar-refractivity contribution is -0.132. The minimum absolute atomic E-state index is 0.0426. The Morgan fingerprint density at radius 3 is 2.27 bits per heavy atom. The normalized spacial score (nSPS) is 17.3. The van der Waals surface area contributed by atoms with Crippen molar-refractivity contribution >= 4 is 23.1 Å². The number of benzene rings is 2. The summed E-state index contributed by atoms with van der Waals surface area (Å²) in [5.41, 5.74) is -0.442. The third-order valence-electron chi connectivity index (χ3n) is 5.25. The molecule has 0 bridgehead atoms. The molecule has 2 heterocycles. The first-order valence-electron chi connectivity index (χ1n) is 9.77. The molecular formula is C24H18F2N2O5. The van der Waals surface area contributed by atoms with Gasteiger partial charge in [-0.15, -0.1) is 0 Å². The van der Waals surface area contributed by atoms with Crippen molar-refractivity contribution in [2.24, 2.45) is 0 Å². The molecule has 7 nitrogen and oxygen atoms in total. The molecule has 0 aliphatic carbocycles. The lowest BCUT2D eigenvalue weighted by Gasteiger charge is -2.25.